The monoisotopic (exact) mass is 446 g/mol. The number of thiophene rings is 1. The minimum atomic E-state index is -1.01. The van der Waals surface area contributed by atoms with Crippen molar-refractivity contribution in [3.63, 3.8) is 0 Å². The standard InChI is InChI=1S/C26H26N2O3S/c1-16(2)23-27-24-20(15-22(32-24)19-7-5-4-6-8-19)25(29)28(23)21(26(30)31)14-13-18-11-9-17(3)10-12-18/h4-12,15-16,21H,13-14H2,1-3H3,(H,30,31). The van der Waals surface area contributed by atoms with E-state index in [-0.39, 0.29) is 11.5 Å². The van der Waals surface area contributed by atoms with Crippen molar-refractivity contribution in [2.24, 2.45) is 0 Å². The molecule has 1 N–H and O–H groups in total. The van der Waals surface area contributed by atoms with Crippen molar-refractivity contribution in [1.82, 2.24) is 9.55 Å². The first kappa shape index (κ1) is 22.0. The Hall–Kier alpha value is -3.25. The molecule has 0 saturated carbocycles. The Balaban J connectivity index is 1.79. The van der Waals surface area contributed by atoms with Gasteiger partial charge in [-0.3, -0.25) is 9.36 Å². The summed E-state index contributed by atoms with van der Waals surface area (Å²) in [4.78, 5) is 32.2. The maximum absolute atomic E-state index is 13.6. The number of hydrogen-bond donors (Lipinski definition) is 1. The summed E-state index contributed by atoms with van der Waals surface area (Å²) in [6, 6.07) is 18.8. The van der Waals surface area contributed by atoms with Crippen LogP contribution in [-0.4, -0.2) is 20.6 Å². The first-order chi connectivity index (χ1) is 15.3. The van der Waals surface area contributed by atoms with Crippen LogP contribution in [0.4, 0.5) is 0 Å². The Morgan fingerprint density at radius 2 is 1.78 bits per heavy atom. The molecule has 0 radical (unpaired) electrons. The highest BCUT2D eigenvalue weighted by atomic mass is 32.1. The van der Waals surface area contributed by atoms with Crippen molar-refractivity contribution in [3.05, 3.63) is 88.0 Å². The van der Waals surface area contributed by atoms with E-state index in [1.54, 1.807) is 0 Å². The third-order valence-electron chi connectivity index (χ3n) is 5.62. The number of carboxylic acids is 1. The number of rotatable bonds is 7. The highest BCUT2D eigenvalue weighted by Crippen LogP contribution is 2.32. The molecule has 0 spiro atoms. The average Bonchev–Trinajstić information content (AvgIpc) is 3.21. The van der Waals surface area contributed by atoms with Crippen molar-refractivity contribution in [3.8, 4) is 10.4 Å². The second-order valence-electron chi connectivity index (χ2n) is 8.37. The molecule has 2 aromatic heterocycles. The van der Waals surface area contributed by atoms with Gasteiger partial charge in [-0.25, -0.2) is 9.78 Å². The Morgan fingerprint density at radius 3 is 2.41 bits per heavy atom. The Morgan fingerprint density at radius 1 is 1.09 bits per heavy atom. The van der Waals surface area contributed by atoms with E-state index in [0.717, 1.165) is 21.6 Å². The molecule has 0 aliphatic rings. The van der Waals surface area contributed by atoms with Crippen LogP contribution in [0.1, 0.15) is 49.2 Å². The molecule has 0 aliphatic heterocycles. The van der Waals surface area contributed by atoms with Gasteiger partial charge in [0.05, 0.1) is 5.39 Å². The van der Waals surface area contributed by atoms with Crippen LogP contribution in [-0.2, 0) is 11.2 Å². The minimum absolute atomic E-state index is 0.0874. The fourth-order valence-corrected chi connectivity index (χ4v) is 4.92. The smallest absolute Gasteiger partial charge is 0.326 e. The molecular formula is C26H26N2O3S. The van der Waals surface area contributed by atoms with Crippen molar-refractivity contribution in [2.75, 3.05) is 0 Å². The summed E-state index contributed by atoms with van der Waals surface area (Å²) < 4.78 is 1.41. The first-order valence-corrected chi connectivity index (χ1v) is 11.6. The van der Waals surface area contributed by atoms with Gasteiger partial charge in [0.2, 0.25) is 0 Å². The molecule has 4 rings (SSSR count). The van der Waals surface area contributed by atoms with Gasteiger partial charge in [0, 0.05) is 10.8 Å². The summed E-state index contributed by atoms with van der Waals surface area (Å²) in [5.74, 6) is -0.586. The van der Waals surface area contributed by atoms with Gasteiger partial charge in [-0.1, -0.05) is 74.0 Å². The molecule has 164 valence electrons. The number of hydrogen-bond acceptors (Lipinski definition) is 4. The molecule has 0 fully saturated rings. The Labute approximate surface area is 191 Å². The Kier molecular flexibility index (Phi) is 6.24. The summed E-state index contributed by atoms with van der Waals surface area (Å²) in [5, 5.41) is 10.5. The number of aromatic nitrogens is 2. The van der Waals surface area contributed by atoms with Gasteiger partial charge in [-0.2, -0.15) is 0 Å². The largest absolute Gasteiger partial charge is 0.480 e. The fourth-order valence-electron chi connectivity index (χ4n) is 3.88. The van der Waals surface area contributed by atoms with Gasteiger partial charge in [-0.15, -0.1) is 11.3 Å². The maximum atomic E-state index is 13.6. The van der Waals surface area contributed by atoms with Crippen LogP contribution in [0.3, 0.4) is 0 Å². The zero-order valence-corrected chi connectivity index (χ0v) is 19.2. The van der Waals surface area contributed by atoms with Gasteiger partial charge in [0.1, 0.15) is 16.7 Å². The second-order valence-corrected chi connectivity index (χ2v) is 9.40. The first-order valence-electron chi connectivity index (χ1n) is 10.7. The molecule has 0 aliphatic carbocycles. The van der Waals surface area contributed by atoms with Crippen LogP contribution < -0.4 is 5.56 Å². The van der Waals surface area contributed by atoms with Crippen molar-refractivity contribution >= 4 is 27.5 Å². The number of nitrogens with zero attached hydrogens (tertiary/aromatic N) is 2. The van der Waals surface area contributed by atoms with Crippen LogP contribution in [0.15, 0.2) is 65.5 Å². The third-order valence-corrected chi connectivity index (χ3v) is 6.70. The number of carbonyl (C=O) groups is 1. The van der Waals surface area contributed by atoms with Gasteiger partial charge in [0.15, 0.2) is 0 Å². The zero-order chi connectivity index (χ0) is 22.8. The van der Waals surface area contributed by atoms with E-state index in [9.17, 15) is 14.7 Å². The van der Waals surface area contributed by atoms with Crippen LogP contribution >= 0.6 is 11.3 Å². The molecule has 2 aromatic carbocycles. The normalized spacial score (nSPS) is 12.4. The van der Waals surface area contributed by atoms with Crippen LogP contribution in [0.25, 0.3) is 20.7 Å². The maximum Gasteiger partial charge on any atom is 0.326 e. The molecule has 0 saturated heterocycles. The SMILES string of the molecule is Cc1ccc(CCC(C(=O)O)n2c(C(C)C)nc3sc(-c4ccccc4)cc3c2=O)cc1. The molecule has 2 heterocycles. The van der Waals surface area contributed by atoms with Crippen molar-refractivity contribution in [2.45, 2.75) is 45.6 Å². The molecule has 1 unspecified atom stereocenters. The van der Waals surface area contributed by atoms with E-state index in [4.69, 9.17) is 4.98 Å². The minimum Gasteiger partial charge on any atom is -0.480 e. The molecule has 32 heavy (non-hydrogen) atoms. The van der Waals surface area contributed by atoms with Gasteiger partial charge in [-0.05, 0) is 37.0 Å². The third kappa shape index (κ3) is 4.36. The summed E-state index contributed by atoms with van der Waals surface area (Å²) >= 11 is 1.46. The zero-order valence-electron chi connectivity index (χ0n) is 18.4. The molecule has 1 atom stereocenters. The molecule has 0 amide bonds. The lowest BCUT2D eigenvalue weighted by molar-refractivity contribution is -0.141. The molecule has 5 nitrogen and oxygen atoms in total. The van der Waals surface area contributed by atoms with Crippen LogP contribution in [0, 0.1) is 6.92 Å². The Bertz CT molecular complexity index is 1300. The number of benzene rings is 2. The lowest BCUT2D eigenvalue weighted by Crippen LogP contribution is -2.34. The molecule has 0 bridgehead atoms. The summed E-state index contributed by atoms with van der Waals surface area (Å²) in [5.41, 5.74) is 2.94. The lowest BCUT2D eigenvalue weighted by Gasteiger charge is -2.21. The number of carboxylic acid groups (broad SMARTS) is 1. The number of aryl methyl sites for hydroxylation is 2. The number of aliphatic carboxylic acids is 1. The van der Waals surface area contributed by atoms with Crippen LogP contribution in [0.5, 0.6) is 0 Å². The number of fused-ring (bicyclic) bond motifs is 1. The highest BCUT2D eigenvalue weighted by Gasteiger charge is 2.27. The van der Waals surface area contributed by atoms with Crippen molar-refractivity contribution in [1.29, 1.82) is 0 Å². The van der Waals surface area contributed by atoms with Gasteiger partial charge >= 0.3 is 5.97 Å². The fraction of sp³-hybridized carbons (Fsp3) is 0.269. The molecule has 4 aromatic rings. The van der Waals surface area contributed by atoms with E-state index in [0.29, 0.717) is 28.9 Å². The predicted molar refractivity (Wildman–Crippen MR) is 130 cm³/mol. The van der Waals surface area contributed by atoms with E-state index in [2.05, 4.69) is 0 Å². The van der Waals surface area contributed by atoms with E-state index < -0.39 is 12.0 Å². The summed E-state index contributed by atoms with van der Waals surface area (Å²) in [6.07, 6.45) is 0.888. The molecular weight excluding hydrogens is 420 g/mol. The summed E-state index contributed by atoms with van der Waals surface area (Å²) in [7, 11) is 0. The average molecular weight is 447 g/mol. The van der Waals surface area contributed by atoms with Crippen LogP contribution in [0.2, 0.25) is 0 Å². The van der Waals surface area contributed by atoms with Gasteiger partial charge in [0.25, 0.3) is 5.56 Å². The summed E-state index contributed by atoms with van der Waals surface area (Å²) in [6.45, 7) is 5.90. The predicted octanol–water partition coefficient (Wildman–Crippen LogP) is 5.82. The lowest BCUT2D eigenvalue weighted by atomic mass is 10.0. The van der Waals surface area contributed by atoms with E-state index >= 15 is 0 Å². The molecule has 6 heteroatoms. The quantitative estimate of drug-likeness (QED) is 0.388. The topological polar surface area (TPSA) is 72.2 Å². The second kappa shape index (κ2) is 9.09. The van der Waals surface area contributed by atoms with E-state index in [1.165, 1.54) is 15.9 Å². The van der Waals surface area contributed by atoms with E-state index in [1.807, 2.05) is 81.4 Å². The van der Waals surface area contributed by atoms with Gasteiger partial charge < -0.3 is 5.11 Å². The highest BCUT2D eigenvalue weighted by molar-refractivity contribution is 7.21. The van der Waals surface area contributed by atoms with Crippen molar-refractivity contribution < 1.29 is 9.90 Å².